The third kappa shape index (κ3) is 4.55. The number of aromatic nitrogens is 2. The average molecular weight is 348 g/mol. The molecule has 0 bridgehead atoms. The maximum Gasteiger partial charge on any atom is 0.573 e. The van der Waals surface area contributed by atoms with Crippen LogP contribution in [0.3, 0.4) is 0 Å². The number of rotatable bonds is 5. The molecule has 0 saturated heterocycles. The van der Waals surface area contributed by atoms with Crippen LogP contribution in [0.4, 0.5) is 13.2 Å². The first-order chi connectivity index (χ1) is 10.8. The van der Waals surface area contributed by atoms with Gasteiger partial charge < -0.3 is 14.2 Å². The first-order valence-corrected chi connectivity index (χ1v) is 6.54. The van der Waals surface area contributed by atoms with Crippen molar-refractivity contribution in [3.63, 3.8) is 0 Å². The molecule has 0 spiro atoms. The van der Waals surface area contributed by atoms with Crippen molar-refractivity contribution in [1.29, 1.82) is 0 Å². The molecule has 0 unspecified atom stereocenters. The number of halogens is 3. The van der Waals surface area contributed by atoms with Gasteiger partial charge in [0.15, 0.2) is 0 Å². The van der Waals surface area contributed by atoms with Crippen LogP contribution >= 0.6 is 12.8 Å². The van der Waals surface area contributed by atoms with E-state index in [-0.39, 0.29) is 23.6 Å². The van der Waals surface area contributed by atoms with Crippen LogP contribution in [0.2, 0.25) is 0 Å². The molecule has 10 heteroatoms. The molecule has 1 heterocycles. The molecule has 2 aromatic rings. The predicted octanol–water partition coefficient (Wildman–Crippen LogP) is 2.84. The number of thiol groups is 1. The first-order valence-electron chi connectivity index (χ1n) is 6.14. The molecule has 0 N–H and O–H groups in total. The van der Waals surface area contributed by atoms with Crippen LogP contribution in [0.25, 0.3) is 0 Å². The molecule has 124 valence electrons. The highest BCUT2D eigenvalue weighted by molar-refractivity contribution is 7.78. The van der Waals surface area contributed by atoms with Gasteiger partial charge in [0.2, 0.25) is 5.88 Å². The van der Waals surface area contributed by atoms with E-state index in [4.69, 9.17) is 4.74 Å². The number of alkyl halides is 3. The Morgan fingerprint density at radius 1 is 1.35 bits per heavy atom. The largest absolute Gasteiger partial charge is 0.573 e. The number of methoxy groups -OCH3 is 1. The van der Waals surface area contributed by atoms with E-state index in [0.717, 1.165) is 17.3 Å². The fraction of sp³-hybridized carbons (Fsp3) is 0.231. The van der Waals surface area contributed by atoms with Crippen molar-refractivity contribution in [2.75, 3.05) is 7.11 Å². The van der Waals surface area contributed by atoms with Crippen molar-refractivity contribution in [1.82, 2.24) is 9.19 Å². The lowest BCUT2D eigenvalue weighted by Crippen LogP contribution is -2.20. The Bertz CT molecular complexity index is 703. The van der Waals surface area contributed by atoms with E-state index in [1.54, 1.807) is 0 Å². The van der Waals surface area contributed by atoms with Gasteiger partial charge in [-0.2, -0.15) is 0 Å². The van der Waals surface area contributed by atoms with Crippen molar-refractivity contribution >= 4 is 18.8 Å². The van der Waals surface area contributed by atoms with Crippen LogP contribution in [0.1, 0.15) is 15.9 Å². The Balaban J connectivity index is 2.33. The quantitative estimate of drug-likeness (QED) is 0.665. The fourth-order valence-corrected chi connectivity index (χ4v) is 1.91. The van der Waals surface area contributed by atoms with E-state index in [1.807, 2.05) is 0 Å². The average Bonchev–Trinajstić information content (AvgIpc) is 2.89. The molecular weight excluding hydrogens is 337 g/mol. The Morgan fingerprint density at radius 2 is 2.09 bits per heavy atom. The van der Waals surface area contributed by atoms with E-state index in [9.17, 15) is 18.0 Å². The molecule has 0 saturated carbocycles. The van der Waals surface area contributed by atoms with Gasteiger partial charge in [-0.05, 0) is 24.9 Å². The minimum atomic E-state index is -4.91. The van der Waals surface area contributed by atoms with Gasteiger partial charge in [0, 0.05) is 17.8 Å². The summed E-state index contributed by atoms with van der Waals surface area (Å²) in [6.07, 6.45) is -3.44. The minimum Gasteiger partial charge on any atom is -0.472 e. The van der Waals surface area contributed by atoms with E-state index < -0.39 is 18.1 Å². The van der Waals surface area contributed by atoms with Crippen LogP contribution < -0.4 is 9.47 Å². The molecule has 2 rings (SSSR count). The summed E-state index contributed by atoms with van der Waals surface area (Å²) in [6.45, 7) is -0.374. The number of ether oxygens (including phenoxy) is 3. The van der Waals surface area contributed by atoms with Crippen LogP contribution in [-0.2, 0) is 11.3 Å². The number of esters is 1. The highest BCUT2D eigenvalue weighted by atomic mass is 32.1. The number of nitrogens with zero attached hydrogens (tertiary/aromatic N) is 2. The highest BCUT2D eigenvalue weighted by Gasteiger charge is 2.33. The van der Waals surface area contributed by atoms with Gasteiger partial charge in [-0.3, -0.25) is 0 Å². The maximum atomic E-state index is 12.5. The minimum absolute atomic E-state index is 0.0976. The smallest absolute Gasteiger partial charge is 0.472 e. The van der Waals surface area contributed by atoms with Crippen molar-refractivity contribution in [3.8, 4) is 11.6 Å². The number of carbonyl (C=O) groups excluding carboxylic acids is 1. The molecule has 1 aromatic carbocycles. The van der Waals surface area contributed by atoms with Gasteiger partial charge in [0.1, 0.15) is 12.4 Å². The van der Waals surface area contributed by atoms with E-state index in [1.165, 1.54) is 24.4 Å². The Labute approximate surface area is 134 Å². The van der Waals surface area contributed by atoms with Crippen molar-refractivity contribution < 1.29 is 32.2 Å². The van der Waals surface area contributed by atoms with Crippen LogP contribution in [0.5, 0.6) is 11.6 Å². The lowest BCUT2D eigenvalue weighted by Gasteiger charge is -2.15. The summed E-state index contributed by atoms with van der Waals surface area (Å²) >= 11 is 3.91. The monoisotopic (exact) mass is 348 g/mol. The lowest BCUT2D eigenvalue weighted by atomic mass is 10.1. The normalized spacial score (nSPS) is 11.2. The molecule has 0 aliphatic rings. The Hall–Kier alpha value is -2.36. The zero-order chi connectivity index (χ0) is 17.0. The second kappa shape index (κ2) is 6.82. The molecule has 6 nitrogen and oxygen atoms in total. The summed E-state index contributed by atoms with van der Waals surface area (Å²) in [7, 11) is 1.12. The SMILES string of the molecule is COC(=O)c1cccc(OC(F)(F)F)c1COc1ccn(S)n1. The second-order valence-electron chi connectivity index (χ2n) is 4.18. The molecule has 0 aliphatic carbocycles. The number of hydrogen-bond donors (Lipinski definition) is 1. The van der Waals surface area contributed by atoms with E-state index >= 15 is 0 Å². The summed E-state index contributed by atoms with van der Waals surface area (Å²) in [6, 6.07) is 5.10. The summed E-state index contributed by atoms with van der Waals surface area (Å²) in [5.41, 5.74) is -0.204. The molecule has 0 atom stereocenters. The number of carbonyl (C=O) groups is 1. The standard InChI is InChI=1S/C13H11F3N2O4S/c1-20-12(19)8-3-2-4-10(22-13(14,15)16)9(8)7-21-11-5-6-18(23)17-11/h2-6,23H,7H2,1H3. The van der Waals surface area contributed by atoms with Gasteiger partial charge in [0.05, 0.1) is 12.7 Å². The van der Waals surface area contributed by atoms with Crippen molar-refractivity contribution in [2.24, 2.45) is 0 Å². The van der Waals surface area contributed by atoms with Gasteiger partial charge in [0.25, 0.3) is 0 Å². The maximum absolute atomic E-state index is 12.5. The molecule has 0 radical (unpaired) electrons. The molecule has 0 aliphatic heterocycles. The number of benzene rings is 1. The highest BCUT2D eigenvalue weighted by Crippen LogP contribution is 2.30. The van der Waals surface area contributed by atoms with Gasteiger partial charge in [-0.1, -0.05) is 6.07 Å². The Kier molecular flexibility index (Phi) is 5.04. The van der Waals surface area contributed by atoms with E-state index in [0.29, 0.717) is 0 Å². The van der Waals surface area contributed by atoms with Crippen LogP contribution in [0, 0.1) is 0 Å². The van der Waals surface area contributed by atoms with Crippen molar-refractivity contribution in [2.45, 2.75) is 13.0 Å². The van der Waals surface area contributed by atoms with Gasteiger partial charge >= 0.3 is 12.3 Å². The number of hydrogen-bond acceptors (Lipinski definition) is 6. The lowest BCUT2D eigenvalue weighted by molar-refractivity contribution is -0.275. The zero-order valence-corrected chi connectivity index (χ0v) is 12.6. The molecule has 0 fully saturated rings. The zero-order valence-electron chi connectivity index (χ0n) is 11.7. The van der Waals surface area contributed by atoms with E-state index in [2.05, 4.69) is 27.4 Å². The molecule has 1 aromatic heterocycles. The van der Waals surface area contributed by atoms with Crippen LogP contribution in [-0.4, -0.2) is 28.6 Å². The summed E-state index contributed by atoms with van der Waals surface area (Å²) in [4.78, 5) is 11.7. The van der Waals surface area contributed by atoms with Gasteiger partial charge in [-0.15, -0.1) is 18.3 Å². The fourth-order valence-electron chi connectivity index (χ4n) is 1.76. The third-order valence-electron chi connectivity index (χ3n) is 2.68. The summed E-state index contributed by atoms with van der Waals surface area (Å²) in [5.74, 6) is -1.24. The van der Waals surface area contributed by atoms with Crippen molar-refractivity contribution in [3.05, 3.63) is 41.6 Å². The Morgan fingerprint density at radius 3 is 2.65 bits per heavy atom. The predicted molar refractivity (Wildman–Crippen MR) is 75.4 cm³/mol. The first kappa shape index (κ1) is 17.0. The second-order valence-corrected chi connectivity index (χ2v) is 4.59. The summed E-state index contributed by atoms with van der Waals surface area (Å²) in [5, 5.41) is 3.80. The van der Waals surface area contributed by atoms with Gasteiger partial charge in [-0.25, -0.2) is 8.88 Å². The third-order valence-corrected chi connectivity index (χ3v) is 2.90. The summed E-state index contributed by atoms with van der Waals surface area (Å²) < 4.78 is 52.4. The topological polar surface area (TPSA) is 62.6 Å². The molecular formula is C13H11F3N2O4S. The molecule has 0 amide bonds. The van der Waals surface area contributed by atoms with Crippen LogP contribution in [0.15, 0.2) is 30.5 Å². The molecule has 23 heavy (non-hydrogen) atoms.